The van der Waals surface area contributed by atoms with Crippen molar-refractivity contribution in [2.45, 2.75) is 26.3 Å². The number of nitro benzene ring substituents is 1. The zero-order valence-electron chi connectivity index (χ0n) is 11.5. The van der Waals surface area contributed by atoms with Crippen LogP contribution < -0.4 is 0 Å². The van der Waals surface area contributed by atoms with Crippen LogP contribution in [0.1, 0.15) is 25.6 Å². The SMILES string of the molecule is CC1CCN(Cc2nc3ccc([N+](=O)[O-])cc3[nH]2)CC1. The standard InChI is InChI=1S/C14H18N4O2/c1-10-4-6-17(7-5-10)9-14-15-12-3-2-11(18(19)20)8-13(12)16-14/h2-3,8,10H,4-7,9H2,1H3,(H,15,16). The Balaban J connectivity index is 1.77. The number of non-ortho nitro benzene ring substituents is 1. The van der Waals surface area contributed by atoms with Crippen LogP contribution in [0.5, 0.6) is 0 Å². The van der Waals surface area contributed by atoms with Crippen molar-refractivity contribution in [3.05, 3.63) is 34.1 Å². The molecule has 1 aromatic carbocycles. The molecule has 0 spiro atoms. The molecule has 106 valence electrons. The molecule has 6 nitrogen and oxygen atoms in total. The van der Waals surface area contributed by atoms with E-state index >= 15 is 0 Å². The summed E-state index contributed by atoms with van der Waals surface area (Å²) in [6.07, 6.45) is 2.46. The lowest BCUT2D eigenvalue weighted by Crippen LogP contribution is -2.32. The van der Waals surface area contributed by atoms with Gasteiger partial charge in [-0.25, -0.2) is 4.98 Å². The quantitative estimate of drug-likeness (QED) is 0.689. The number of imidazole rings is 1. The lowest BCUT2D eigenvalue weighted by Gasteiger charge is -2.29. The van der Waals surface area contributed by atoms with Crippen LogP contribution in [0.25, 0.3) is 11.0 Å². The molecule has 6 heteroatoms. The van der Waals surface area contributed by atoms with Crippen LogP contribution in [0.2, 0.25) is 0 Å². The molecule has 3 rings (SSSR count). The first-order valence-corrected chi connectivity index (χ1v) is 6.97. The molecular formula is C14H18N4O2. The van der Waals surface area contributed by atoms with E-state index in [9.17, 15) is 10.1 Å². The molecule has 1 saturated heterocycles. The van der Waals surface area contributed by atoms with Crippen LogP contribution in [0.3, 0.4) is 0 Å². The van der Waals surface area contributed by atoms with Crippen molar-refractivity contribution in [3.63, 3.8) is 0 Å². The summed E-state index contributed by atoms with van der Waals surface area (Å²) < 4.78 is 0. The zero-order valence-corrected chi connectivity index (χ0v) is 11.5. The van der Waals surface area contributed by atoms with E-state index in [0.29, 0.717) is 0 Å². The number of benzene rings is 1. The fraction of sp³-hybridized carbons (Fsp3) is 0.500. The first kappa shape index (κ1) is 13.1. The molecule has 1 aromatic heterocycles. The normalized spacial score (nSPS) is 17.6. The van der Waals surface area contributed by atoms with E-state index in [4.69, 9.17) is 0 Å². The van der Waals surface area contributed by atoms with Gasteiger partial charge in [0, 0.05) is 12.1 Å². The number of hydrogen-bond acceptors (Lipinski definition) is 4. The summed E-state index contributed by atoms with van der Waals surface area (Å²) in [5, 5.41) is 10.8. The van der Waals surface area contributed by atoms with Crippen molar-refractivity contribution >= 4 is 16.7 Å². The van der Waals surface area contributed by atoms with Crippen molar-refractivity contribution in [2.75, 3.05) is 13.1 Å². The largest absolute Gasteiger partial charge is 0.341 e. The number of nitro groups is 1. The lowest BCUT2D eigenvalue weighted by molar-refractivity contribution is -0.384. The molecule has 2 heterocycles. The predicted molar refractivity (Wildman–Crippen MR) is 76.4 cm³/mol. The Morgan fingerprint density at radius 2 is 2.20 bits per heavy atom. The van der Waals surface area contributed by atoms with E-state index in [2.05, 4.69) is 21.8 Å². The fourth-order valence-electron chi connectivity index (χ4n) is 2.67. The van der Waals surface area contributed by atoms with Gasteiger partial charge in [-0.05, 0) is 37.9 Å². The zero-order chi connectivity index (χ0) is 14.1. The predicted octanol–water partition coefficient (Wildman–Crippen LogP) is 2.70. The van der Waals surface area contributed by atoms with Crippen molar-refractivity contribution in [1.82, 2.24) is 14.9 Å². The van der Waals surface area contributed by atoms with Gasteiger partial charge in [-0.15, -0.1) is 0 Å². The summed E-state index contributed by atoms with van der Waals surface area (Å²) in [6.45, 7) is 5.27. The second kappa shape index (κ2) is 5.20. The third kappa shape index (κ3) is 2.65. The smallest absolute Gasteiger partial charge is 0.271 e. The summed E-state index contributed by atoms with van der Waals surface area (Å²) >= 11 is 0. The summed E-state index contributed by atoms with van der Waals surface area (Å²) in [5.74, 6) is 1.69. The molecule has 0 unspecified atom stereocenters. The maximum Gasteiger partial charge on any atom is 0.271 e. The van der Waals surface area contributed by atoms with Crippen LogP contribution in [0.15, 0.2) is 18.2 Å². The Morgan fingerprint density at radius 3 is 2.90 bits per heavy atom. The molecule has 0 bridgehead atoms. The Hall–Kier alpha value is -1.95. The van der Waals surface area contributed by atoms with Gasteiger partial charge in [0.1, 0.15) is 5.82 Å². The fourth-order valence-corrected chi connectivity index (χ4v) is 2.67. The van der Waals surface area contributed by atoms with Crippen molar-refractivity contribution in [2.24, 2.45) is 5.92 Å². The van der Waals surface area contributed by atoms with Gasteiger partial charge >= 0.3 is 0 Å². The number of piperidine rings is 1. The van der Waals surface area contributed by atoms with Crippen LogP contribution in [-0.2, 0) is 6.54 Å². The van der Waals surface area contributed by atoms with Gasteiger partial charge in [-0.3, -0.25) is 15.0 Å². The number of aromatic nitrogens is 2. The number of likely N-dealkylation sites (tertiary alicyclic amines) is 1. The minimum absolute atomic E-state index is 0.0968. The van der Waals surface area contributed by atoms with Crippen LogP contribution in [-0.4, -0.2) is 32.9 Å². The van der Waals surface area contributed by atoms with Crippen LogP contribution in [0, 0.1) is 16.0 Å². The first-order valence-electron chi connectivity index (χ1n) is 6.97. The third-order valence-corrected chi connectivity index (χ3v) is 3.97. The van der Waals surface area contributed by atoms with Gasteiger partial charge in [0.15, 0.2) is 0 Å². The minimum atomic E-state index is -0.383. The minimum Gasteiger partial charge on any atom is -0.341 e. The highest BCUT2D eigenvalue weighted by atomic mass is 16.6. The highest BCUT2D eigenvalue weighted by molar-refractivity contribution is 5.77. The van der Waals surface area contributed by atoms with Gasteiger partial charge < -0.3 is 4.98 Å². The van der Waals surface area contributed by atoms with E-state index in [1.54, 1.807) is 12.1 Å². The Morgan fingerprint density at radius 1 is 1.45 bits per heavy atom. The second-order valence-corrected chi connectivity index (χ2v) is 5.60. The summed E-state index contributed by atoms with van der Waals surface area (Å²) in [7, 11) is 0. The number of hydrogen-bond donors (Lipinski definition) is 1. The number of nitrogens with one attached hydrogen (secondary N) is 1. The highest BCUT2D eigenvalue weighted by Gasteiger charge is 2.17. The van der Waals surface area contributed by atoms with Gasteiger partial charge in [0.05, 0.1) is 22.5 Å². The number of fused-ring (bicyclic) bond motifs is 1. The molecule has 1 aliphatic rings. The van der Waals surface area contributed by atoms with E-state index < -0.39 is 0 Å². The highest BCUT2D eigenvalue weighted by Crippen LogP contribution is 2.21. The molecule has 1 aliphatic heterocycles. The second-order valence-electron chi connectivity index (χ2n) is 5.60. The third-order valence-electron chi connectivity index (χ3n) is 3.97. The average molecular weight is 274 g/mol. The van der Waals surface area contributed by atoms with Crippen molar-refractivity contribution in [3.8, 4) is 0 Å². The van der Waals surface area contributed by atoms with E-state index in [0.717, 1.165) is 42.4 Å². The van der Waals surface area contributed by atoms with Gasteiger partial charge in [-0.1, -0.05) is 6.92 Å². The van der Waals surface area contributed by atoms with Gasteiger partial charge in [0.2, 0.25) is 0 Å². The topological polar surface area (TPSA) is 75.1 Å². The Kier molecular flexibility index (Phi) is 3.40. The molecule has 0 radical (unpaired) electrons. The van der Waals surface area contributed by atoms with Gasteiger partial charge in [-0.2, -0.15) is 0 Å². The Bertz CT molecular complexity index is 629. The molecule has 20 heavy (non-hydrogen) atoms. The van der Waals surface area contributed by atoms with E-state index in [1.807, 2.05) is 0 Å². The van der Waals surface area contributed by atoms with Gasteiger partial charge in [0.25, 0.3) is 5.69 Å². The maximum atomic E-state index is 10.8. The first-order chi connectivity index (χ1) is 9.61. The van der Waals surface area contributed by atoms with Crippen LogP contribution in [0.4, 0.5) is 5.69 Å². The molecule has 1 N–H and O–H groups in total. The molecule has 0 saturated carbocycles. The van der Waals surface area contributed by atoms with E-state index in [-0.39, 0.29) is 10.6 Å². The number of rotatable bonds is 3. The molecule has 2 aromatic rings. The number of aromatic amines is 1. The number of H-pyrrole nitrogens is 1. The lowest BCUT2D eigenvalue weighted by atomic mass is 9.99. The molecule has 0 aliphatic carbocycles. The molecule has 0 amide bonds. The summed E-state index contributed by atoms with van der Waals surface area (Å²) in [4.78, 5) is 20.5. The molecule has 1 fully saturated rings. The van der Waals surface area contributed by atoms with Crippen molar-refractivity contribution < 1.29 is 4.92 Å². The summed E-state index contributed by atoms with van der Waals surface area (Å²) in [5.41, 5.74) is 1.62. The summed E-state index contributed by atoms with van der Waals surface area (Å²) in [6, 6.07) is 4.74. The Labute approximate surface area is 117 Å². The molecular weight excluding hydrogens is 256 g/mol. The van der Waals surface area contributed by atoms with Crippen molar-refractivity contribution in [1.29, 1.82) is 0 Å². The van der Waals surface area contributed by atoms with E-state index in [1.165, 1.54) is 18.9 Å². The maximum absolute atomic E-state index is 10.8. The number of nitrogens with zero attached hydrogens (tertiary/aromatic N) is 3. The average Bonchev–Trinajstić information content (AvgIpc) is 2.82. The monoisotopic (exact) mass is 274 g/mol. The molecule has 0 atom stereocenters. The van der Waals surface area contributed by atoms with Crippen LogP contribution >= 0.6 is 0 Å².